The summed E-state index contributed by atoms with van der Waals surface area (Å²) in [6, 6.07) is 59.2. The summed E-state index contributed by atoms with van der Waals surface area (Å²) in [6.07, 6.45) is -0.281. The number of aliphatic imine (C=N–C) groups is 2. The molecule has 0 spiro atoms. The normalized spacial score (nSPS) is 14.6. The van der Waals surface area contributed by atoms with Gasteiger partial charge >= 0.3 is 0 Å². The van der Waals surface area contributed by atoms with Gasteiger partial charge in [0.05, 0.1) is 11.0 Å². The zero-order chi connectivity index (χ0) is 33.0. The van der Waals surface area contributed by atoms with Gasteiger partial charge in [-0.25, -0.2) is 9.98 Å². The monoisotopic (exact) mass is 642 g/mol. The van der Waals surface area contributed by atoms with E-state index in [0.717, 1.165) is 61.2 Å². The molecule has 50 heavy (non-hydrogen) atoms. The van der Waals surface area contributed by atoms with E-state index in [2.05, 4.69) is 131 Å². The number of fused-ring (bicyclic) bond motifs is 6. The Morgan fingerprint density at radius 2 is 1.24 bits per heavy atom. The van der Waals surface area contributed by atoms with Crippen LogP contribution in [0, 0.1) is 0 Å². The predicted octanol–water partition coefficient (Wildman–Crippen LogP) is 10.8. The van der Waals surface area contributed by atoms with Crippen molar-refractivity contribution in [3.8, 4) is 16.8 Å². The Kier molecular flexibility index (Phi) is 6.49. The number of nitrogens with zero attached hydrogens (tertiary/aromatic N) is 3. The largest absolute Gasteiger partial charge is 0.456 e. The van der Waals surface area contributed by atoms with Gasteiger partial charge in [-0.1, -0.05) is 127 Å². The van der Waals surface area contributed by atoms with Crippen molar-refractivity contribution >= 4 is 55.4 Å². The van der Waals surface area contributed by atoms with Crippen molar-refractivity contribution in [3.05, 3.63) is 187 Å². The lowest BCUT2D eigenvalue weighted by atomic mass is 10.0. The molecule has 0 fully saturated rings. The Morgan fingerprint density at radius 3 is 2.06 bits per heavy atom. The van der Waals surface area contributed by atoms with Gasteiger partial charge in [-0.3, -0.25) is 0 Å². The second kappa shape index (κ2) is 11.5. The molecule has 1 unspecified atom stereocenters. The molecule has 5 nitrogen and oxygen atoms in total. The molecule has 236 valence electrons. The number of rotatable bonds is 5. The van der Waals surface area contributed by atoms with Gasteiger partial charge < -0.3 is 14.3 Å². The first-order chi connectivity index (χ1) is 24.8. The first-order valence-electron chi connectivity index (χ1n) is 16.9. The van der Waals surface area contributed by atoms with E-state index in [-0.39, 0.29) is 6.17 Å². The molecule has 1 aliphatic heterocycles. The molecule has 0 amide bonds. The van der Waals surface area contributed by atoms with Gasteiger partial charge in [0.1, 0.15) is 23.2 Å². The van der Waals surface area contributed by atoms with Crippen LogP contribution in [0.1, 0.15) is 22.9 Å². The highest BCUT2D eigenvalue weighted by Crippen LogP contribution is 2.38. The average Bonchev–Trinajstić information content (AvgIpc) is 3.74. The number of hydrogen-bond donors (Lipinski definition) is 1. The third-order valence-corrected chi connectivity index (χ3v) is 9.66. The number of nitrogens with one attached hydrogen (secondary N) is 1. The standard InChI is InChI=1S/C45H30N4O/c1-4-13-29(14-5-1)32-23-26-39-37(27-32)34-19-10-11-21-38(34)49(39)33-24-25-35-41(28-33)50-40-22-12-20-36(42(35)40)45-47-43(30-15-6-2-7-16-30)46-44(48-45)31-17-8-3-9-18-31/h1-28,43H,(H,46,47,48). The van der Waals surface area contributed by atoms with Crippen molar-refractivity contribution in [2.45, 2.75) is 6.17 Å². The molecule has 1 N–H and O–H groups in total. The van der Waals surface area contributed by atoms with Crippen LogP contribution in [0.5, 0.6) is 0 Å². The molecule has 1 aliphatic rings. The van der Waals surface area contributed by atoms with Crippen molar-refractivity contribution in [1.82, 2.24) is 9.88 Å². The van der Waals surface area contributed by atoms with Gasteiger partial charge in [0.15, 0.2) is 5.84 Å². The minimum atomic E-state index is -0.281. The van der Waals surface area contributed by atoms with Crippen molar-refractivity contribution in [2.24, 2.45) is 9.98 Å². The lowest BCUT2D eigenvalue weighted by Gasteiger charge is -2.23. The maximum atomic E-state index is 6.61. The minimum Gasteiger partial charge on any atom is -0.456 e. The number of amidine groups is 2. The van der Waals surface area contributed by atoms with E-state index < -0.39 is 0 Å². The molecule has 0 saturated carbocycles. The van der Waals surface area contributed by atoms with Crippen molar-refractivity contribution in [2.75, 3.05) is 0 Å². The molecule has 2 aromatic heterocycles. The molecule has 0 aliphatic carbocycles. The number of para-hydroxylation sites is 1. The van der Waals surface area contributed by atoms with E-state index in [1.54, 1.807) is 0 Å². The zero-order valence-electron chi connectivity index (χ0n) is 27.0. The predicted molar refractivity (Wildman–Crippen MR) is 205 cm³/mol. The third-order valence-electron chi connectivity index (χ3n) is 9.66. The maximum absolute atomic E-state index is 6.61. The lowest BCUT2D eigenvalue weighted by molar-refractivity contribution is 0.668. The molecule has 7 aromatic carbocycles. The van der Waals surface area contributed by atoms with Crippen molar-refractivity contribution < 1.29 is 4.42 Å². The third kappa shape index (κ3) is 4.63. The molecule has 10 rings (SSSR count). The summed E-state index contributed by atoms with van der Waals surface area (Å²) in [5.41, 5.74) is 10.4. The SMILES string of the molecule is c1ccc(C2=NC(c3cccc4oc5cc(-n6c7ccccc7c7cc(-c8ccccc8)ccc76)ccc5c34)=NC(c3ccccc3)N2)cc1. The second-order valence-electron chi connectivity index (χ2n) is 12.6. The van der Waals surface area contributed by atoms with E-state index in [9.17, 15) is 0 Å². The van der Waals surface area contributed by atoms with E-state index in [4.69, 9.17) is 14.4 Å². The highest BCUT2D eigenvalue weighted by molar-refractivity contribution is 6.22. The Hall–Kier alpha value is -6.72. The maximum Gasteiger partial charge on any atom is 0.160 e. The van der Waals surface area contributed by atoms with E-state index in [0.29, 0.717) is 5.84 Å². The van der Waals surface area contributed by atoms with Crippen LogP contribution in [0.4, 0.5) is 0 Å². The van der Waals surface area contributed by atoms with Gasteiger partial charge in [0.2, 0.25) is 0 Å². The molecule has 5 heteroatoms. The molecular weight excluding hydrogens is 613 g/mol. The smallest absolute Gasteiger partial charge is 0.160 e. The van der Waals surface area contributed by atoms with Gasteiger partial charge in [0.25, 0.3) is 0 Å². The minimum absolute atomic E-state index is 0.281. The molecular formula is C45H30N4O. The summed E-state index contributed by atoms with van der Waals surface area (Å²) in [4.78, 5) is 10.3. The first kappa shape index (κ1) is 28.3. The van der Waals surface area contributed by atoms with E-state index >= 15 is 0 Å². The van der Waals surface area contributed by atoms with E-state index in [1.807, 2.05) is 48.5 Å². The van der Waals surface area contributed by atoms with Crippen LogP contribution in [0.2, 0.25) is 0 Å². The Bertz CT molecular complexity index is 2780. The Balaban J connectivity index is 1.13. The zero-order valence-corrected chi connectivity index (χ0v) is 27.0. The van der Waals surface area contributed by atoms with Gasteiger partial charge in [0, 0.05) is 44.4 Å². The van der Waals surface area contributed by atoms with Crippen LogP contribution in [0.25, 0.3) is 60.6 Å². The van der Waals surface area contributed by atoms with Crippen molar-refractivity contribution in [1.29, 1.82) is 0 Å². The first-order valence-corrected chi connectivity index (χ1v) is 16.9. The summed E-state index contributed by atoms with van der Waals surface area (Å²) in [5, 5.41) is 8.04. The highest BCUT2D eigenvalue weighted by Gasteiger charge is 2.24. The van der Waals surface area contributed by atoms with Crippen LogP contribution in [0.15, 0.2) is 184 Å². The van der Waals surface area contributed by atoms with Gasteiger partial charge in [-0.15, -0.1) is 0 Å². The summed E-state index contributed by atoms with van der Waals surface area (Å²) >= 11 is 0. The van der Waals surface area contributed by atoms with Crippen LogP contribution < -0.4 is 5.32 Å². The Morgan fingerprint density at radius 1 is 0.520 bits per heavy atom. The van der Waals surface area contributed by atoms with Crippen molar-refractivity contribution in [3.63, 3.8) is 0 Å². The summed E-state index contributed by atoms with van der Waals surface area (Å²) in [7, 11) is 0. The topological polar surface area (TPSA) is 54.8 Å². The van der Waals surface area contributed by atoms with Gasteiger partial charge in [-0.2, -0.15) is 0 Å². The average molecular weight is 643 g/mol. The van der Waals surface area contributed by atoms with Crippen LogP contribution in [0.3, 0.4) is 0 Å². The molecule has 1 atom stereocenters. The van der Waals surface area contributed by atoms with Crippen LogP contribution >= 0.6 is 0 Å². The number of aromatic nitrogens is 1. The Labute approximate surface area is 288 Å². The molecule has 0 radical (unpaired) electrons. The number of furan rings is 1. The second-order valence-corrected chi connectivity index (χ2v) is 12.6. The quantitative estimate of drug-likeness (QED) is 0.203. The summed E-state index contributed by atoms with van der Waals surface area (Å²) in [5.74, 6) is 1.46. The van der Waals surface area contributed by atoms with Gasteiger partial charge in [-0.05, 0) is 53.1 Å². The highest BCUT2D eigenvalue weighted by atomic mass is 16.3. The lowest BCUT2D eigenvalue weighted by Crippen LogP contribution is -2.33. The molecule has 0 bridgehead atoms. The molecule has 0 saturated heterocycles. The fourth-order valence-electron chi connectivity index (χ4n) is 7.32. The van der Waals surface area contributed by atoms with E-state index in [1.165, 1.54) is 21.9 Å². The number of benzene rings is 7. The molecule has 9 aromatic rings. The summed E-state index contributed by atoms with van der Waals surface area (Å²) < 4.78 is 8.95. The summed E-state index contributed by atoms with van der Waals surface area (Å²) in [6.45, 7) is 0. The fraction of sp³-hybridized carbons (Fsp3) is 0.0222. The fourth-order valence-corrected chi connectivity index (χ4v) is 7.32. The van der Waals surface area contributed by atoms with Crippen LogP contribution in [-0.4, -0.2) is 16.2 Å². The number of hydrogen-bond acceptors (Lipinski definition) is 4. The van der Waals surface area contributed by atoms with Crippen LogP contribution in [-0.2, 0) is 0 Å². The molecule has 3 heterocycles.